The van der Waals surface area contributed by atoms with Crippen LogP contribution in [0.2, 0.25) is 5.02 Å². The summed E-state index contributed by atoms with van der Waals surface area (Å²) >= 11 is 6.20. The average Bonchev–Trinajstić information content (AvgIpc) is 2.95. The average molecular weight is 407 g/mol. The first-order chi connectivity index (χ1) is 13.6. The van der Waals surface area contributed by atoms with E-state index in [0.29, 0.717) is 35.4 Å². The highest BCUT2D eigenvalue weighted by Gasteiger charge is 2.23. The number of nitrogens with one attached hydrogen (secondary N) is 1. The predicted octanol–water partition coefficient (Wildman–Crippen LogP) is 3.99. The third-order valence-electron chi connectivity index (χ3n) is 4.84. The molecule has 0 saturated heterocycles. The normalized spacial score (nSPS) is 15.1. The van der Waals surface area contributed by atoms with Gasteiger partial charge in [0.2, 0.25) is 17.8 Å². The largest absolute Gasteiger partial charge is 0.495 e. The number of aromatic nitrogens is 3. The summed E-state index contributed by atoms with van der Waals surface area (Å²) < 4.78 is 10.6. The Kier molecular flexibility index (Phi) is 7.11. The van der Waals surface area contributed by atoms with Gasteiger partial charge in [0, 0.05) is 18.8 Å². The van der Waals surface area contributed by atoms with Gasteiger partial charge in [-0.25, -0.2) is 0 Å². The first kappa shape index (κ1) is 20.4. The highest BCUT2D eigenvalue weighted by molar-refractivity contribution is 6.32. The van der Waals surface area contributed by atoms with Crippen LogP contribution in [-0.2, 0) is 4.74 Å². The maximum atomic E-state index is 6.20. The van der Waals surface area contributed by atoms with Gasteiger partial charge in [0.1, 0.15) is 12.5 Å². The third kappa shape index (κ3) is 5.14. The van der Waals surface area contributed by atoms with E-state index in [0.717, 1.165) is 18.5 Å². The maximum absolute atomic E-state index is 6.20. The van der Waals surface area contributed by atoms with E-state index < -0.39 is 0 Å². The van der Waals surface area contributed by atoms with Crippen molar-refractivity contribution in [1.29, 1.82) is 0 Å². The molecule has 3 rings (SSSR count). The fraction of sp³-hybridized carbons (Fsp3) is 0.526. The molecule has 3 N–H and O–H groups in total. The van der Waals surface area contributed by atoms with E-state index in [1.54, 1.807) is 26.4 Å². The Balaban J connectivity index is 1.85. The Morgan fingerprint density at radius 2 is 1.89 bits per heavy atom. The Hall–Kier alpha value is -2.32. The van der Waals surface area contributed by atoms with Crippen molar-refractivity contribution < 1.29 is 9.47 Å². The molecule has 1 saturated carbocycles. The number of halogens is 1. The molecule has 1 aromatic carbocycles. The molecule has 1 aliphatic carbocycles. The quantitative estimate of drug-likeness (QED) is 0.526. The van der Waals surface area contributed by atoms with Crippen molar-refractivity contribution in [3.8, 4) is 5.75 Å². The standard InChI is InChI=1S/C19H27ClN6O2/c1-27-12-26(14-7-5-3-4-6-8-14)19-24-17(21)23-18(25-19)22-13-9-10-16(28-2)15(20)11-13/h9-11,14H,3-8,12H2,1-2H3,(H3,21,22,23,24,25). The van der Waals surface area contributed by atoms with Gasteiger partial charge in [0.15, 0.2) is 0 Å². The summed E-state index contributed by atoms with van der Waals surface area (Å²) in [6, 6.07) is 5.69. The maximum Gasteiger partial charge on any atom is 0.234 e. The number of nitrogens with two attached hydrogens (primary N) is 1. The van der Waals surface area contributed by atoms with Gasteiger partial charge in [-0.3, -0.25) is 0 Å². The topological polar surface area (TPSA) is 98.4 Å². The van der Waals surface area contributed by atoms with Gasteiger partial charge in [0.05, 0.1) is 12.1 Å². The molecule has 152 valence electrons. The lowest BCUT2D eigenvalue weighted by Gasteiger charge is -2.30. The molecule has 9 heteroatoms. The smallest absolute Gasteiger partial charge is 0.234 e. The second-order valence-corrected chi connectivity index (χ2v) is 7.23. The van der Waals surface area contributed by atoms with Crippen LogP contribution >= 0.6 is 11.6 Å². The minimum atomic E-state index is 0.154. The molecule has 0 bridgehead atoms. The lowest BCUT2D eigenvalue weighted by molar-refractivity contribution is 0.185. The van der Waals surface area contributed by atoms with Crippen LogP contribution in [0.25, 0.3) is 0 Å². The minimum absolute atomic E-state index is 0.154. The highest BCUT2D eigenvalue weighted by Crippen LogP contribution is 2.29. The number of rotatable bonds is 7. The van der Waals surface area contributed by atoms with Gasteiger partial charge < -0.3 is 25.4 Å². The molecule has 8 nitrogen and oxygen atoms in total. The molecule has 0 aliphatic heterocycles. The van der Waals surface area contributed by atoms with Crippen LogP contribution in [0.3, 0.4) is 0 Å². The summed E-state index contributed by atoms with van der Waals surface area (Å²) in [5, 5.41) is 3.63. The fourth-order valence-electron chi connectivity index (χ4n) is 3.47. The number of benzene rings is 1. The van der Waals surface area contributed by atoms with Crippen LogP contribution in [-0.4, -0.2) is 41.9 Å². The van der Waals surface area contributed by atoms with Crippen molar-refractivity contribution >= 4 is 35.1 Å². The summed E-state index contributed by atoms with van der Waals surface area (Å²) in [5.74, 6) is 1.63. The molecule has 1 fully saturated rings. The summed E-state index contributed by atoms with van der Waals surface area (Å²) in [4.78, 5) is 15.2. The molecule has 2 aromatic rings. The van der Waals surface area contributed by atoms with Crippen LogP contribution in [0.15, 0.2) is 18.2 Å². The van der Waals surface area contributed by atoms with Crippen molar-refractivity contribution in [1.82, 2.24) is 15.0 Å². The summed E-state index contributed by atoms with van der Waals surface area (Å²) in [6.07, 6.45) is 7.10. The Labute approximate surface area is 170 Å². The lowest BCUT2D eigenvalue weighted by Crippen LogP contribution is -2.38. The minimum Gasteiger partial charge on any atom is -0.495 e. The van der Waals surface area contributed by atoms with Gasteiger partial charge >= 0.3 is 0 Å². The van der Waals surface area contributed by atoms with Crippen LogP contribution in [0.4, 0.5) is 23.5 Å². The van der Waals surface area contributed by atoms with Crippen molar-refractivity contribution in [3.63, 3.8) is 0 Å². The molecule has 28 heavy (non-hydrogen) atoms. The van der Waals surface area contributed by atoms with Crippen molar-refractivity contribution in [3.05, 3.63) is 23.2 Å². The molecule has 1 aliphatic rings. The predicted molar refractivity (Wildman–Crippen MR) is 111 cm³/mol. The van der Waals surface area contributed by atoms with Crippen molar-refractivity contribution in [2.75, 3.05) is 36.9 Å². The van der Waals surface area contributed by atoms with E-state index in [1.165, 1.54) is 25.7 Å². The van der Waals surface area contributed by atoms with Gasteiger partial charge in [-0.05, 0) is 31.0 Å². The SMILES string of the molecule is COCN(c1nc(N)nc(Nc2ccc(OC)c(Cl)c2)n1)C1CCCCCC1. The molecular formula is C19H27ClN6O2. The number of nitrogen functional groups attached to an aromatic ring is 1. The van der Waals surface area contributed by atoms with Crippen molar-refractivity contribution in [2.24, 2.45) is 0 Å². The van der Waals surface area contributed by atoms with E-state index in [1.807, 2.05) is 6.07 Å². The number of methoxy groups -OCH3 is 2. The second-order valence-electron chi connectivity index (χ2n) is 6.82. The molecular weight excluding hydrogens is 380 g/mol. The lowest BCUT2D eigenvalue weighted by atomic mass is 10.1. The number of hydrogen-bond acceptors (Lipinski definition) is 8. The first-order valence-electron chi connectivity index (χ1n) is 9.48. The zero-order chi connectivity index (χ0) is 19.9. The second kappa shape index (κ2) is 9.75. The van der Waals surface area contributed by atoms with Gasteiger partial charge in [-0.1, -0.05) is 37.3 Å². The molecule has 0 spiro atoms. The van der Waals surface area contributed by atoms with Crippen LogP contribution < -0.4 is 20.7 Å². The molecule has 1 aromatic heterocycles. The third-order valence-corrected chi connectivity index (χ3v) is 5.13. The van der Waals surface area contributed by atoms with Crippen molar-refractivity contribution in [2.45, 2.75) is 44.6 Å². The number of ether oxygens (including phenoxy) is 2. The van der Waals surface area contributed by atoms with E-state index >= 15 is 0 Å². The molecule has 0 amide bonds. The number of anilines is 4. The first-order valence-corrected chi connectivity index (χ1v) is 9.86. The zero-order valence-electron chi connectivity index (χ0n) is 16.3. The summed E-state index contributed by atoms with van der Waals surface area (Å²) in [5.41, 5.74) is 6.70. The summed E-state index contributed by atoms with van der Waals surface area (Å²) in [6.45, 7) is 0.405. The number of nitrogens with zero attached hydrogens (tertiary/aromatic N) is 4. The Morgan fingerprint density at radius 1 is 1.14 bits per heavy atom. The monoisotopic (exact) mass is 406 g/mol. The van der Waals surface area contributed by atoms with Crippen LogP contribution in [0.1, 0.15) is 38.5 Å². The summed E-state index contributed by atoms with van der Waals surface area (Å²) in [7, 11) is 3.25. The molecule has 0 atom stereocenters. The zero-order valence-corrected chi connectivity index (χ0v) is 17.1. The molecule has 0 unspecified atom stereocenters. The number of hydrogen-bond donors (Lipinski definition) is 2. The van der Waals surface area contributed by atoms with E-state index in [2.05, 4.69) is 25.2 Å². The Bertz CT molecular complexity index is 783. The van der Waals surface area contributed by atoms with E-state index in [9.17, 15) is 0 Å². The van der Waals surface area contributed by atoms with Gasteiger partial charge in [-0.2, -0.15) is 15.0 Å². The highest BCUT2D eigenvalue weighted by atomic mass is 35.5. The van der Waals surface area contributed by atoms with E-state index in [-0.39, 0.29) is 5.95 Å². The van der Waals surface area contributed by atoms with E-state index in [4.69, 9.17) is 26.8 Å². The Morgan fingerprint density at radius 3 is 2.54 bits per heavy atom. The van der Waals surface area contributed by atoms with Gasteiger partial charge in [-0.15, -0.1) is 0 Å². The van der Waals surface area contributed by atoms with Crippen LogP contribution in [0, 0.1) is 0 Å². The van der Waals surface area contributed by atoms with Gasteiger partial charge in [0.25, 0.3) is 0 Å². The molecule has 0 radical (unpaired) electrons. The fourth-order valence-corrected chi connectivity index (χ4v) is 3.73. The van der Waals surface area contributed by atoms with Crippen LogP contribution in [0.5, 0.6) is 5.75 Å². The molecule has 1 heterocycles.